The van der Waals surface area contributed by atoms with Crippen LogP contribution < -0.4 is 0 Å². The summed E-state index contributed by atoms with van der Waals surface area (Å²) >= 11 is 0. The van der Waals surface area contributed by atoms with Crippen LogP contribution in [0.1, 0.15) is 45.2 Å². The van der Waals surface area contributed by atoms with Crippen LogP contribution in [0, 0.1) is 0 Å². The zero-order valence-electron chi connectivity index (χ0n) is 12.0. The van der Waals surface area contributed by atoms with Crippen molar-refractivity contribution in [1.82, 2.24) is 4.90 Å². The summed E-state index contributed by atoms with van der Waals surface area (Å²) in [7, 11) is 0. The van der Waals surface area contributed by atoms with E-state index in [0.717, 1.165) is 17.8 Å². The molecule has 0 amide bonds. The normalized spacial score (nSPS) is 17.9. The summed E-state index contributed by atoms with van der Waals surface area (Å²) < 4.78 is 0. The lowest BCUT2D eigenvalue weighted by Gasteiger charge is -2.44. The molecule has 0 N–H and O–H groups in total. The van der Waals surface area contributed by atoms with Crippen LogP contribution in [0.4, 0.5) is 0 Å². The van der Waals surface area contributed by atoms with E-state index in [1.807, 2.05) is 0 Å². The number of hydrogen-bond donors (Lipinski definition) is 0. The smallest absolute Gasteiger partial charge is 0.0341 e. The highest BCUT2D eigenvalue weighted by Gasteiger charge is 2.25. The van der Waals surface area contributed by atoms with Crippen LogP contribution in [-0.4, -0.2) is 4.90 Å². The Morgan fingerprint density at radius 2 is 1.74 bits per heavy atom. The van der Waals surface area contributed by atoms with Crippen molar-refractivity contribution in [2.45, 2.75) is 34.1 Å². The van der Waals surface area contributed by atoms with Gasteiger partial charge in [-0.2, -0.15) is 0 Å². The second-order valence-electron chi connectivity index (χ2n) is 5.16. The van der Waals surface area contributed by atoms with E-state index in [1.165, 1.54) is 28.1 Å². The highest BCUT2D eigenvalue weighted by atomic mass is 15.2. The summed E-state index contributed by atoms with van der Waals surface area (Å²) in [6.07, 6.45) is 3.18. The van der Waals surface area contributed by atoms with Crippen LogP contribution in [0.2, 0.25) is 0 Å². The van der Waals surface area contributed by atoms with Gasteiger partial charge in [0.05, 0.1) is 0 Å². The Hall–Kier alpha value is -1.96. The summed E-state index contributed by atoms with van der Waals surface area (Å²) in [6, 6.07) is 8.62. The molecule has 0 saturated carbocycles. The van der Waals surface area contributed by atoms with Crippen molar-refractivity contribution in [1.29, 1.82) is 0 Å². The van der Waals surface area contributed by atoms with Crippen molar-refractivity contribution < 1.29 is 0 Å². The Balaban J connectivity index is 2.32. The molecule has 2 nitrogen and oxygen atoms in total. The summed E-state index contributed by atoms with van der Waals surface area (Å²) in [6.45, 7) is 8.60. The topological polar surface area (TPSA) is 17.3 Å². The van der Waals surface area contributed by atoms with Gasteiger partial charge in [-0.25, -0.2) is 0 Å². The van der Waals surface area contributed by atoms with E-state index < -0.39 is 0 Å². The van der Waals surface area contributed by atoms with E-state index in [0.29, 0.717) is 0 Å². The lowest BCUT2D eigenvalue weighted by Crippen LogP contribution is -2.24. The van der Waals surface area contributed by atoms with Crippen molar-refractivity contribution in [2.24, 2.45) is 0 Å². The molecular formula is C17H19N2-. The molecular weight excluding hydrogens is 232 g/mol. The Bertz CT molecular complexity index is 632. The first-order chi connectivity index (χ1) is 9.13. The highest BCUT2D eigenvalue weighted by Crippen LogP contribution is 2.44. The fourth-order valence-corrected chi connectivity index (χ4v) is 3.10. The molecule has 2 heteroatoms. The predicted molar refractivity (Wildman–Crippen MR) is 80.9 cm³/mol. The standard InChI is InChI=1S/C17H19N2/c1-5-16-12(3)14-8-6-7-9-15(14)17-13(4)18-11(2)10-19(16)17/h6-10H,5H2,1-4H3/q-1. The predicted octanol–water partition coefficient (Wildman–Crippen LogP) is 5.08. The molecule has 0 spiro atoms. The lowest BCUT2D eigenvalue weighted by molar-refractivity contribution is 0.607. The number of hydrogen-bond acceptors (Lipinski definition) is 1. The molecule has 0 fully saturated rings. The quantitative estimate of drug-likeness (QED) is 0.680. The third-order valence-corrected chi connectivity index (χ3v) is 3.89. The maximum atomic E-state index is 4.64. The van der Waals surface area contributed by atoms with E-state index in [9.17, 15) is 0 Å². The second-order valence-corrected chi connectivity index (χ2v) is 5.16. The van der Waals surface area contributed by atoms with Crippen molar-refractivity contribution >= 4 is 11.3 Å². The fourth-order valence-electron chi connectivity index (χ4n) is 3.10. The zero-order chi connectivity index (χ0) is 13.6. The van der Waals surface area contributed by atoms with Crippen molar-refractivity contribution in [3.8, 4) is 0 Å². The molecule has 0 radical (unpaired) electrons. The van der Waals surface area contributed by atoms with Crippen LogP contribution in [0.25, 0.3) is 16.6 Å². The van der Waals surface area contributed by atoms with Gasteiger partial charge in [0.1, 0.15) is 0 Å². The second kappa shape index (κ2) is 4.30. The minimum atomic E-state index is 1.03. The molecule has 0 saturated heterocycles. The Kier molecular flexibility index (Phi) is 2.74. The van der Waals surface area contributed by atoms with Crippen LogP contribution in [0.5, 0.6) is 0 Å². The molecule has 3 rings (SSSR count). The molecule has 2 aliphatic rings. The minimum Gasteiger partial charge on any atom is -0.662 e. The molecule has 2 aliphatic heterocycles. The van der Waals surface area contributed by atoms with Gasteiger partial charge >= 0.3 is 0 Å². The monoisotopic (exact) mass is 251 g/mol. The Morgan fingerprint density at radius 1 is 1.05 bits per heavy atom. The first-order valence-electron chi connectivity index (χ1n) is 6.83. The van der Waals surface area contributed by atoms with Gasteiger partial charge in [0, 0.05) is 17.0 Å². The Labute approximate surface area is 115 Å². The van der Waals surface area contributed by atoms with Crippen molar-refractivity contribution in [3.05, 3.63) is 64.0 Å². The maximum absolute atomic E-state index is 4.64. The van der Waals surface area contributed by atoms with E-state index in [1.54, 1.807) is 0 Å². The van der Waals surface area contributed by atoms with Gasteiger partial charge in [-0.05, 0) is 30.7 Å². The molecule has 0 bridgehead atoms. The molecule has 0 aliphatic carbocycles. The third kappa shape index (κ3) is 1.71. The van der Waals surface area contributed by atoms with Crippen LogP contribution in [-0.2, 0) is 0 Å². The number of rotatable bonds is 1. The largest absolute Gasteiger partial charge is 0.662 e. The van der Waals surface area contributed by atoms with Gasteiger partial charge in [-0.1, -0.05) is 45.0 Å². The first-order valence-corrected chi connectivity index (χ1v) is 6.83. The summed E-state index contributed by atoms with van der Waals surface area (Å²) in [5, 5.41) is 4.64. The Morgan fingerprint density at radius 3 is 2.42 bits per heavy atom. The van der Waals surface area contributed by atoms with Crippen LogP contribution in [0.15, 0.2) is 47.6 Å². The van der Waals surface area contributed by atoms with Crippen LogP contribution in [0.3, 0.4) is 0 Å². The van der Waals surface area contributed by atoms with E-state index in [4.69, 9.17) is 0 Å². The average molecular weight is 251 g/mol. The molecule has 1 aromatic rings. The molecule has 0 unspecified atom stereocenters. The van der Waals surface area contributed by atoms with Crippen LogP contribution >= 0.6 is 0 Å². The number of benzene rings is 1. The van der Waals surface area contributed by atoms with Crippen molar-refractivity contribution in [2.75, 3.05) is 0 Å². The van der Waals surface area contributed by atoms with Gasteiger partial charge in [-0.15, -0.1) is 11.4 Å². The number of nitrogens with zero attached hydrogens (tertiary/aromatic N) is 2. The fraction of sp³-hybridized carbons (Fsp3) is 0.294. The minimum absolute atomic E-state index is 1.03. The molecule has 0 aromatic heterocycles. The number of allylic oxidation sites excluding steroid dienone is 4. The van der Waals surface area contributed by atoms with Gasteiger partial charge in [-0.3, -0.25) is 0 Å². The molecule has 1 aromatic carbocycles. The molecule has 19 heavy (non-hydrogen) atoms. The van der Waals surface area contributed by atoms with E-state index in [2.05, 4.69) is 68.4 Å². The SMILES string of the molecule is CCC1=C(C)c2ccccc2C2=C(C)[N-]C(C)=CN12. The molecule has 0 atom stereocenters. The van der Waals surface area contributed by atoms with Gasteiger partial charge < -0.3 is 10.2 Å². The molecule has 98 valence electrons. The lowest BCUT2D eigenvalue weighted by atomic mass is 9.90. The summed E-state index contributed by atoms with van der Waals surface area (Å²) in [4.78, 5) is 2.33. The zero-order valence-corrected chi connectivity index (χ0v) is 12.0. The molecule has 2 heterocycles. The van der Waals surface area contributed by atoms with Gasteiger partial charge in [0.15, 0.2) is 0 Å². The summed E-state index contributed by atoms with van der Waals surface area (Å²) in [5.74, 6) is 0. The van der Waals surface area contributed by atoms with Crippen molar-refractivity contribution in [3.63, 3.8) is 0 Å². The van der Waals surface area contributed by atoms with E-state index >= 15 is 0 Å². The van der Waals surface area contributed by atoms with E-state index in [-0.39, 0.29) is 0 Å². The number of fused-ring (bicyclic) bond motifs is 3. The van der Waals surface area contributed by atoms with Gasteiger partial charge in [0.25, 0.3) is 0 Å². The summed E-state index contributed by atoms with van der Waals surface area (Å²) in [5.41, 5.74) is 8.80. The first kappa shape index (κ1) is 12.1. The van der Waals surface area contributed by atoms with Gasteiger partial charge in [0.2, 0.25) is 0 Å². The third-order valence-electron chi connectivity index (χ3n) is 3.89. The highest BCUT2D eigenvalue weighted by molar-refractivity contribution is 5.88. The average Bonchev–Trinajstić information content (AvgIpc) is 2.38. The maximum Gasteiger partial charge on any atom is 0.0341 e.